The van der Waals surface area contributed by atoms with Gasteiger partial charge in [0.1, 0.15) is 5.82 Å². The Bertz CT molecular complexity index is 438. The summed E-state index contributed by atoms with van der Waals surface area (Å²) in [7, 11) is 0. The normalized spacial score (nSPS) is 24.6. The fourth-order valence-electron chi connectivity index (χ4n) is 2.84. The van der Waals surface area contributed by atoms with Crippen LogP contribution in [0.5, 0.6) is 0 Å². The van der Waals surface area contributed by atoms with E-state index in [1.165, 1.54) is 18.9 Å². The Labute approximate surface area is 126 Å². The maximum absolute atomic E-state index is 13.2. The summed E-state index contributed by atoms with van der Waals surface area (Å²) in [6.45, 7) is 7.45. The summed E-state index contributed by atoms with van der Waals surface area (Å²) in [6, 6.07) is 6.13. The Balaban J connectivity index is 2.05. The van der Waals surface area contributed by atoms with Crippen molar-refractivity contribution in [2.45, 2.75) is 51.7 Å². The lowest BCUT2D eigenvalue weighted by Crippen LogP contribution is -2.39. The molecule has 2 rings (SSSR count). The highest BCUT2D eigenvalue weighted by atomic mass is 35.5. The van der Waals surface area contributed by atoms with Gasteiger partial charge in [0, 0.05) is 25.2 Å². The van der Waals surface area contributed by atoms with Crippen LogP contribution < -0.4 is 5.32 Å². The predicted octanol–water partition coefficient (Wildman–Crippen LogP) is 3.83. The maximum Gasteiger partial charge on any atom is 0.141 e. The Morgan fingerprint density at radius 3 is 2.95 bits per heavy atom. The smallest absolute Gasteiger partial charge is 0.141 e. The molecule has 2 atom stereocenters. The number of nitrogens with one attached hydrogen (secondary N) is 1. The largest absolute Gasteiger partial charge is 0.313 e. The van der Waals surface area contributed by atoms with Crippen LogP contribution in [-0.4, -0.2) is 30.1 Å². The number of nitrogens with zero attached hydrogens (tertiary/aromatic N) is 1. The molecular formula is C16H24ClFN2. The predicted molar refractivity (Wildman–Crippen MR) is 82.6 cm³/mol. The minimum atomic E-state index is -0.343. The Morgan fingerprint density at radius 2 is 2.25 bits per heavy atom. The molecule has 0 spiro atoms. The van der Waals surface area contributed by atoms with Crippen LogP contribution in [0.15, 0.2) is 18.2 Å². The average molecular weight is 299 g/mol. The average Bonchev–Trinajstić information content (AvgIpc) is 2.57. The van der Waals surface area contributed by atoms with E-state index in [0.717, 1.165) is 31.6 Å². The Hall–Kier alpha value is -0.640. The zero-order valence-corrected chi connectivity index (χ0v) is 13.1. The Kier molecular flexibility index (Phi) is 5.82. The van der Waals surface area contributed by atoms with Gasteiger partial charge in [0.2, 0.25) is 0 Å². The van der Waals surface area contributed by atoms with E-state index in [1.54, 1.807) is 6.07 Å². The molecule has 1 saturated heterocycles. The third-order valence-electron chi connectivity index (χ3n) is 4.08. The summed E-state index contributed by atoms with van der Waals surface area (Å²) in [6.07, 6.45) is 3.55. The van der Waals surface area contributed by atoms with E-state index in [2.05, 4.69) is 24.1 Å². The van der Waals surface area contributed by atoms with Gasteiger partial charge in [0.05, 0.1) is 5.02 Å². The second kappa shape index (κ2) is 7.39. The first-order valence-electron chi connectivity index (χ1n) is 7.51. The molecule has 1 aliphatic rings. The minimum absolute atomic E-state index is 0.216. The summed E-state index contributed by atoms with van der Waals surface area (Å²) in [5, 5.41) is 3.84. The second-order valence-corrected chi connectivity index (χ2v) is 6.16. The van der Waals surface area contributed by atoms with Crippen LogP contribution in [0, 0.1) is 5.82 Å². The quantitative estimate of drug-likeness (QED) is 0.909. The monoisotopic (exact) mass is 298 g/mol. The minimum Gasteiger partial charge on any atom is -0.313 e. The van der Waals surface area contributed by atoms with Gasteiger partial charge in [-0.2, -0.15) is 0 Å². The summed E-state index contributed by atoms with van der Waals surface area (Å²) in [5.74, 6) is -0.343. The van der Waals surface area contributed by atoms with Crippen LogP contribution in [0.3, 0.4) is 0 Å². The van der Waals surface area contributed by atoms with Crippen molar-refractivity contribution in [3.05, 3.63) is 34.6 Å². The summed E-state index contributed by atoms with van der Waals surface area (Å²) >= 11 is 5.87. The molecule has 1 aliphatic heterocycles. The molecule has 1 aromatic carbocycles. The molecule has 20 heavy (non-hydrogen) atoms. The van der Waals surface area contributed by atoms with Crippen molar-refractivity contribution in [3.63, 3.8) is 0 Å². The third kappa shape index (κ3) is 4.18. The van der Waals surface area contributed by atoms with E-state index >= 15 is 0 Å². The first-order chi connectivity index (χ1) is 9.60. The highest BCUT2D eigenvalue weighted by molar-refractivity contribution is 6.30. The van der Waals surface area contributed by atoms with E-state index in [-0.39, 0.29) is 10.8 Å². The zero-order valence-electron chi connectivity index (χ0n) is 12.3. The zero-order chi connectivity index (χ0) is 14.5. The summed E-state index contributed by atoms with van der Waals surface area (Å²) in [4.78, 5) is 2.48. The first kappa shape index (κ1) is 15.7. The van der Waals surface area contributed by atoms with Gasteiger partial charge in [-0.3, -0.25) is 4.90 Å². The van der Waals surface area contributed by atoms with Crippen molar-refractivity contribution in [1.82, 2.24) is 10.2 Å². The Morgan fingerprint density at radius 1 is 1.45 bits per heavy atom. The number of benzene rings is 1. The third-order valence-corrected chi connectivity index (χ3v) is 4.37. The fourth-order valence-corrected chi connectivity index (χ4v) is 3.04. The van der Waals surface area contributed by atoms with E-state index in [4.69, 9.17) is 11.6 Å². The van der Waals surface area contributed by atoms with Gasteiger partial charge in [-0.15, -0.1) is 0 Å². The van der Waals surface area contributed by atoms with Crippen LogP contribution in [0.25, 0.3) is 0 Å². The molecule has 4 heteroatoms. The van der Waals surface area contributed by atoms with Crippen molar-refractivity contribution in [3.8, 4) is 0 Å². The van der Waals surface area contributed by atoms with Crippen LogP contribution in [0.4, 0.5) is 4.39 Å². The number of rotatable bonds is 4. The second-order valence-electron chi connectivity index (χ2n) is 5.76. The van der Waals surface area contributed by atoms with Crippen LogP contribution in [0.1, 0.15) is 38.7 Å². The molecule has 1 N–H and O–H groups in total. The van der Waals surface area contributed by atoms with Gasteiger partial charge in [0.25, 0.3) is 0 Å². The van der Waals surface area contributed by atoms with Gasteiger partial charge in [0.15, 0.2) is 0 Å². The molecule has 112 valence electrons. The number of hydrogen-bond donors (Lipinski definition) is 1. The molecule has 0 amide bonds. The molecule has 0 aliphatic carbocycles. The van der Waals surface area contributed by atoms with Crippen molar-refractivity contribution in [2.24, 2.45) is 0 Å². The fraction of sp³-hybridized carbons (Fsp3) is 0.625. The van der Waals surface area contributed by atoms with Crippen molar-refractivity contribution < 1.29 is 4.39 Å². The van der Waals surface area contributed by atoms with Gasteiger partial charge in [-0.1, -0.05) is 31.0 Å². The van der Waals surface area contributed by atoms with Gasteiger partial charge < -0.3 is 5.32 Å². The molecule has 2 nitrogen and oxygen atoms in total. The topological polar surface area (TPSA) is 15.3 Å². The van der Waals surface area contributed by atoms with E-state index in [9.17, 15) is 4.39 Å². The molecule has 1 fully saturated rings. The highest BCUT2D eigenvalue weighted by Gasteiger charge is 2.22. The summed E-state index contributed by atoms with van der Waals surface area (Å²) < 4.78 is 13.2. The van der Waals surface area contributed by atoms with Crippen molar-refractivity contribution >= 4 is 11.6 Å². The SMILES string of the molecule is CCCC1CN(Cc2ccc(F)c(Cl)c2)C(C)CCN1. The van der Waals surface area contributed by atoms with Crippen molar-refractivity contribution in [2.75, 3.05) is 13.1 Å². The molecule has 1 heterocycles. The molecular weight excluding hydrogens is 275 g/mol. The van der Waals surface area contributed by atoms with Gasteiger partial charge >= 0.3 is 0 Å². The van der Waals surface area contributed by atoms with Crippen LogP contribution >= 0.6 is 11.6 Å². The highest BCUT2D eigenvalue weighted by Crippen LogP contribution is 2.20. The van der Waals surface area contributed by atoms with Gasteiger partial charge in [-0.05, 0) is 44.0 Å². The molecule has 0 saturated carbocycles. The van der Waals surface area contributed by atoms with Gasteiger partial charge in [-0.25, -0.2) is 4.39 Å². The number of halogens is 2. The molecule has 0 aromatic heterocycles. The van der Waals surface area contributed by atoms with E-state index < -0.39 is 0 Å². The maximum atomic E-state index is 13.2. The van der Waals surface area contributed by atoms with Crippen LogP contribution in [-0.2, 0) is 6.54 Å². The molecule has 0 bridgehead atoms. The molecule has 1 aromatic rings. The lowest BCUT2D eigenvalue weighted by molar-refractivity contribution is 0.193. The molecule has 2 unspecified atom stereocenters. The van der Waals surface area contributed by atoms with E-state index in [1.807, 2.05) is 6.07 Å². The lowest BCUT2D eigenvalue weighted by Gasteiger charge is -2.29. The lowest BCUT2D eigenvalue weighted by atomic mass is 10.1. The molecule has 0 radical (unpaired) electrons. The summed E-state index contributed by atoms with van der Waals surface area (Å²) in [5.41, 5.74) is 1.08. The number of hydrogen-bond acceptors (Lipinski definition) is 2. The van der Waals surface area contributed by atoms with Crippen molar-refractivity contribution in [1.29, 1.82) is 0 Å². The first-order valence-corrected chi connectivity index (χ1v) is 7.89. The van der Waals surface area contributed by atoms with Crippen LogP contribution in [0.2, 0.25) is 5.02 Å². The van der Waals surface area contributed by atoms with E-state index in [0.29, 0.717) is 12.1 Å². The standard InChI is InChI=1S/C16H24ClFN2/c1-3-4-14-11-20(12(2)7-8-19-14)10-13-5-6-16(18)15(17)9-13/h5-6,9,12,14,19H,3-4,7-8,10-11H2,1-2H3.